The lowest BCUT2D eigenvalue weighted by molar-refractivity contribution is 0.418. The maximum atomic E-state index is 5.81. The van der Waals surface area contributed by atoms with Gasteiger partial charge in [-0.3, -0.25) is 0 Å². The van der Waals surface area contributed by atoms with Crippen molar-refractivity contribution in [1.29, 1.82) is 0 Å². The Morgan fingerprint density at radius 2 is 2.56 bits per heavy atom. The molecular formula is C6H5ClOS. The zero-order valence-electron chi connectivity index (χ0n) is 4.63. The van der Waals surface area contributed by atoms with E-state index in [4.69, 9.17) is 16.3 Å². The average Bonchev–Trinajstić information content (AvgIpc) is 2.58. The first-order chi connectivity index (χ1) is 4.38. The summed E-state index contributed by atoms with van der Waals surface area (Å²) in [6, 6.07) is 1.91. The van der Waals surface area contributed by atoms with Crippen molar-refractivity contribution in [3.63, 3.8) is 0 Å². The van der Waals surface area contributed by atoms with Crippen LogP contribution in [0.5, 0.6) is 0 Å². The molecule has 2 heterocycles. The summed E-state index contributed by atoms with van der Waals surface area (Å²) in [4.78, 5) is 1.18. The molecule has 1 saturated heterocycles. The molecule has 0 aromatic carbocycles. The first kappa shape index (κ1) is 5.71. The second kappa shape index (κ2) is 1.97. The summed E-state index contributed by atoms with van der Waals surface area (Å²) in [5, 5.41) is 2.84. The Morgan fingerprint density at radius 3 is 3.00 bits per heavy atom. The van der Waals surface area contributed by atoms with Gasteiger partial charge in [-0.1, -0.05) is 11.6 Å². The monoisotopic (exact) mass is 160 g/mol. The van der Waals surface area contributed by atoms with E-state index in [1.54, 1.807) is 11.3 Å². The highest BCUT2D eigenvalue weighted by Crippen LogP contribution is 2.38. The van der Waals surface area contributed by atoms with Gasteiger partial charge in [-0.15, -0.1) is 11.3 Å². The van der Waals surface area contributed by atoms with Crippen LogP contribution in [-0.2, 0) is 4.74 Å². The summed E-state index contributed by atoms with van der Waals surface area (Å²) in [5.41, 5.74) is 0. The number of epoxide rings is 1. The maximum absolute atomic E-state index is 5.81. The zero-order valence-corrected chi connectivity index (χ0v) is 6.21. The van der Waals surface area contributed by atoms with E-state index in [0.29, 0.717) is 6.10 Å². The van der Waals surface area contributed by atoms with Gasteiger partial charge in [-0.25, -0.2) is 0 Å². The Morgan fingerprint density at radius 1 is 1.78 bits per heavy atom. The summed E-state index contributed by atoms with van der Waals surface area (Å²) in [7, 11) is 0. The SMILES string of the molecule is Clc1ccsc1C1CO1. The van der Waals surface area contributed by atoms with Gasteiger partial charge in [0.15, 0.2) is 0 Å². The molecule has 1 aromatic heterocycles. The van der Waals surface area contributed by atoms with Gasteiger partial charge in [0, 0.05) is 0 Å². The Balaban J connectivity index is 2.35. The number of hydrogen-bond acceptors (Lipinski definition) is 2. The lowest BCUT2D eigenvalue weighted by Gasteiger charge is -1.85. The van der Waals surface area contributed by atoms with Crippen molar-refractivity contribution in [2.24, 2.45) is 0 Å². The molecule has 1 nitrogen and oxygen atoms in total. The van der Waals surface area contributed by atoms with Crippen LogP contribution in [0.3, 0.4) is 0 Å². The fraction of sp³-hybridized carbons (Fsp3) is 0.333. The summed E-state index contributed by atoms with van der Waals surface area (Å²) < 4.78 is 5.06. The third-order valence-corrected chi connectivity index (χ3v) is 2.72. The predicted octanol–water partition coefficient (Wildman–Crippen LogP) is 2.47. The van der Waals surface area contributed by atoms with Gasteiger partial charge in [-0.05, 0) is 11.4 Å². The molecule has 0 aliphatic carbocycles. The predicted molar refractivity (Wildman–Crippen MR) is 38.0 cm³/mol. The molecule has 1 atom stereocenters. The van der Waals surface area contributed by atoms with E-state index in [0.717, 1.165) is 11.6 Å². The van der Waals surface area contributed by atoms with Crippen LogP contribution in [0.25, 0.3) is 0 Å². The molecule has 1 aliphatic heterocycles. The van der Waals surface area contributed by atoms with Gasteiger partial charge >= 0.3 is 0 Å². The smallest absolute Gasteiger partial charge is 0.117 e. The number of hydrogen-bond donors (Lipinski definition) is 0. The highest BCUT2D eigenvalue weighted by atomic mass is 35.5. The van der Waals surface area contributed by atoms with Gasteiger partial charge in [0.2, 0.25) is 0 Å². The van der Waals surface area contributed by atoms with Crippen LogP contribution >= 0.6 is 22.9 Å². The molecule has 1 fully saturated rings. The van der Waals surface area contributed by atoms with Crippen molar-refractivity contribution in [2.75, 3.05) is 6.61 Å². The third kappa shape index (κ3) is 0.980. The molecule has 3 heteroatoms. The first-order valence-electron chi connectivity index (χ1n) is 2.72. The van der Waals surface area contributed by atoms with Gasteiger partial charge in [0.1, 0.15) is 6.10 Å². The minimum Gasteiger partial charge on any atom is -0.367 e. The van der Waals surface area contributed by atoms with E-state index in [9.17, 15) is 0 Å². The fourth-order valence-corrected chi connectivity index (χ4v) is 1.95. The number of thiophene rings is 1. The first-order valence-corrected chi connectivity index (χ1v) is 3.98. The molecule has 9 heavy (non-hydrogen) atoms. The van der Waals surface area contributed by atoms with E-state index in [1.165, 1.54) is 4.88 Å². The standard InChI is InChI=1S/C6H5ClOS/c7-4-1-2-9-6(4)5-3-8-5/h1-2,5H,3H2. The van der Waals surface area contributed by atoms with E-state index in [-0.39, 0.29) is 0 Å². The van der Waals surface area contributed by atoms with Crippen molar-refractivity contribution in [2.45, 2.75) is 6.10 Å². The molecule has 2 rings (SSSR count). The molecule has 1 aromatic rings. The van der Waals surface area contributed by atoms with Crippen LogP contribution in [0.15, 0.2) is 11.4 Å². The molecule has 0 radical (unpaired) electrons. The van der Waals surface area contributed by atoms with E-state index >= 15 is 0 Å². The topological polar surface area (TPSA) is 12.5 Å². The minimum atomic E-state index is 0.317. The van der Waals surface area contributed by atoms with E-state index < -0.39 is 0 Å². The molecule has 1 aliphatic rings. The highest BCUT2D eigenvalue weighted by Gasteiger charge is 2.27. The summed E-state index contributed by atoms with van der Waals surface area (Å²) in [5.74, 6) is 0. The van der Waals surface area contributed by atoms with E-state index in [2.05, 4.69) is 0 Å². The van der Waals surface area contributed by atoms with Crippen LogP contribution < -0.4 is 0 Å². The molecule has 48 valence electrons. The molecule has 0 bridgehead atoms. The largest absolute Gasteiger partial charge is 0.367 e. The molecule has 1 unspecified atom stereocenters. The van der Waals surface area contributed by atoms with Crippen LogP contribution in [0.4, 0.5) is 0 Å². The number of halogens is 1. The molecule has 0 amide bonds. The van der Waals surface area contributed by atoms with Gasteiger partial charge < -0.3 is 4.74 Å². The fourth-order valence-electron chi connectivity index (χ4n) is 0.735. The highest BCUT2D eigenvalue weighted by molar-refractivity contribution is 7.10. The minimum absolute atomic E-state index is 0.317. The van der Waals surface area contributed by atoms with Crippen molar-refractivity contribution in [3.05, 3.63) is 21.3 Å². The summed E-state index contributed by atoms with van der Waals surface area (Å²) in [6.07, 6.45) is 0.317. The van der Waals surface area contributed by atoms with Crippen LogP contribution in [0.1, 0.15) is 11.0 Å². The van der Waals surface area contributed by atoms with Crippen molar-refractivity contribution in [3.8, 4) is 0 Å². The third-order valence-electron chi connectivity index (χ3n) is 1.27. The van der Waals surface area contributed by atoms with Crippen molar-refractivity contribution >= 4 is 22.9 Å². The van der Waals surface area contributed by atoms with Gasteiger partial charge in [-0.2, -0.15) is 0 Å². The van der Waals surface area contributed by atoms with Crippen molar-refractivity contribution in [1.82, 2.24) is 0 Å². The lowest BCUT2D eigenvalue weighted by Crippen LogP contribution is -1.69. The molecular weight excluding hydrogens is 156 g/mol. The Labute approximate surface area is 62.2 Å². The second-order valence-corrected chi connectivity index (χ2v) is 3.31. The lowest BCUT2D eigenvalue weighted by atomic mass is 10.4. The average molecular weight is 161 g/mol. The molecule has 0 saturated carbocycles. The zero-order chi connectivity index (χ0) is 6.27. The van der Waals surface area contributed by atoms with Crippen LogP contribution in [0.2, 0.25) is 5.02 Å². The second-order valence-electron chi connectivity index (χ2n) is 1.95. The van der Waals surface area contributed by atoms with Crippen LogP contribution in [0, 0.1) is 0 Å². The Kier molecular flexibility index (Phi) is 1.25. The van der Waals surface area contributed by atoms with Crippen molar-refractivity contribution < 1.29 is 4.74 Å². The van der Waals surface area contributed by atoms with Crippen LogP contribution in [-0.4, -0.2) is 6.61 Å². The number of rotatable bonds is 1. The summed E-state index contributed by atoms with van der Waals surface area (Å²) in [6.45, 7) is 0.847. The molecule has 0 N–H and O–H groups in total. The maximum Gasteiger partial charge on any atom is 0.117 e. The van der Waals surface area contributed by atoms with Gasteiger partial charge in [0.05, 0.1) is 16.5 Å². The Hall–Kier alpha value is -0.0500. The van der Waals surface area contributed by atoms with Gasteiger partial charge in [0.25, 0.3) is 0 Å². The normalized spacial score (nSPS) is 24.3. The molecule has 0 spiro atoms. The summed E-state index contributed by atoms with van der Waals surface area (Å²) >= 11 is 7.47. The quantitative estimate of drug-likeness (QED) is 0.575. The van der Waals surface area contributed by atoms with E-state index in [1.807, 2.05) is 11.4 Å². The Bertz CT molecular complexity index is 217. The number of ether oxygens (including phenoxy) is 1.